The molecule has 2 unspecified atom stereocenters. The van der Waals surface area contributed by atoms with Crippen LogP contribution in [0.4, 0.5) is 0 Å². The zero-order valence-electron chi connectivity index (χ0n) is 10.0. The molecular formula is C9H19NO5S. The molecule has 96 valence electrons. The second-order valence-corrected chi connectivity index (χ2v) is 5.74. The Bertz CT molecular complexity index is 327. The molecule has 0 aromatic heterocycles. The molecule has 2 atom stereocenters. The predicted molar refractivity (Wildman–Crippen MR) is 59.7 cm³/mol. The van der Waals surface area contributed by atoms with E-state index in [1.165, 1.54) is 14.0 Å². The fraction of sp³-hybridized carbons (Fsp3) is 0.889. The molecular weight excluding hydrogens is 234 g/mol. The van der Waals surface area contributed by atoms with Crippen LogP contribution in [-0.4, -0.2) is 55.4 Å². The van der Waals surface area contributed by atoms with Gasteiger partial charge in [-0.2, -0.15) is 4.31 Å². The van der Waals surface area contributed by atoms with E-state index in [1.54, 1.807) is 13.8 Å². The van der Waals surface area contributed by atoms with E-state index in [0.717, 1.165) is 4.31 Å². The molecule has 0 amide bonds. The highest BCUT2D eigenvalue weighted by molar-refractivity contribution is 7.90. The number of aliphatic carboxylic acids is 1. The van der Waals surface area contributed by atoms with Gasteiger partial charge in [-0.3, -0.25) is 4.79 Å². The van der Waals surface area contributed by atoms with Gasteiger partial charge in [0.15, 0.2) is 5.25 Å². The van der Waals surface area contributed by atoms with Gasteiger partial charge in [0.2, 0.25) is 10.0 Å². The van der Waals surface area contributed by atoms with Gasteiger partial charge in [-0.1, -0.05) is 6.92 Å². The number of rotatable bonds is 7. The molecule has 0 aromatic carbocycles. The summed E-state index contributed by atoms with van der Waals surface area (Å²) in [5, 5.41) is 7.30. The molecule has 0 fully saturated rings. The van der Waals surface area contributed by atoms with Crippen molar-refractivity contribution < 1.29 is 23.1 Å². The van der Waals surface area contributed by atoms with Crippen LogP contribution in [0.15, 0.2) is 0 Å². The first-order valence-corrected chi connectivity index (χ1v) is 6.51. The van der Waals surface area contributed by atoms with Crippen LogP contribution in [0.25, 0.3) is 0 Å². The zero-order chi connectivity index (χ0) is 12.9. The van der Waals surface area contributed by atoms with E-state index < -0.39 is 21.2 Å². The lowest BCUT2D eigenvalue weighted by Crippen LogP contribution is -2.47. The molecule has 0 heterocycles. The summed E-state index contributed by atoms with van der Waals surface area (Å²) < 4.78 is 29.8. The zero-order valence-corrected chi connectivity index (χ0v) is 10.8. The van der Waals surface area contributed by atoms with Crippen LogP contribution in [0, 0.1) is 0 Å². The third-order valence-corrected chi connectivity index (χ3v) is 4.70. The number of nitrogens with zero attached hydrogens (tertiary/aromatic N) is 1. The van der Waals surface area contributed by atoms with Crippen molar-refractivity contribution in [1.29, 1.82) is 0 Å². The fourth-order valence-electron chi connectivity index (χ4n) is 1.40. The van der Waals surface area contributed by atoms with E-state index in [4.69, 9.17) is 9.84 Å². The van der Waals surface area contributed by atoms with E-state index in [0.29, 0.717) is 0 Å². The van der Waals surface area contributed by atoms with E-state index in [2.05, 4.69) is 0 Å². The third kappa shape index (κ3) is 3.43. The lowest BCUT2D eigenvalue weighted by Gasteiger charge is -2.28. The number of carboxylic acids is 1. The number of hydrogen-bond donors (Lipinski definition) is 1. The average Bonchev–Trinajstić information content (AvgIpc) is 2.17. The highest BCUT2D eigenvalue weighted by atomic mass is 32.2. The minimum Gasteiger partial charge on any atom is -0.480 e. The SMILES string of the molecule is CCN(C(C)COC)S(=O)(=O)C(C)C(=O)O. The Hall–Kier alpha value is -0.660. The molecule has 7 heteroatoms. The minimum atomic E-state index is -3.82. The van der Waals surface area contributed by atoms with Crippen LogP contribution in [0.1, 0.15) is 20.8 Å². The number of hydrogen-bond acceptors (Lipinski definition) is 4. The smallest absolute Gasteiger partial charge is 0.323 e. The van der Waals surface area contributed by atoms with Gasteiger partial charge in [-0.25, -0.2) is 8.42 Å². The summed E-state index contributed by atoms with van der Waals surface area (Å²) in [6.07, 6.45) is 0. The Labute approximate surface area is 96.2 Å². The molecule has 0 aromatic rings. The fourth-order valence-corrected chi connectivity index (χ4v) is 2.98. The molecule has 6 nitrogen and oxygen atoms in total. The third-order valence-electron chi connectivity index (χ3n) is 2.33. The largest absolute Gasteiger partial charge is 0.480 e. The number of carbonyl (C=O) groups is 1. The first-order chi connectivity index (χ1) is 7.28. The Kier molecular flexibility index (Phi) is 5.91. The molecule has 16 heavy (non-hydrogen) atoms. The van der Waals surface area contributed by atoms with Gasteiger partial charge in [0.25, 0.3) is 0 Å². The summed E-state index contributed by atoms with van der Waals surface area (Å²) >= 11 is 0. The van der Waals surface area contributed by atoms with E-state index in [-0.39, 0.29) is 19.2 Å². The summed E-state index contributed by atoms with van der Waals surface area (Å²) in [5.74, 6) is -1.34. The number of carboxylic acid groups (broad SMARTS) is 1. The van der Waals surface area contributed by atoms with Crippen molar-refractivity contribution in [3.8, 4) is 0 Å². The number of methoxy groups -OCH3 is 1. The first-order valence-electron chi connectivity index (χ1n) is 5.01. The van der Waals surface area contributed by atoms with Crippen molar-refractivity contribution >= 4 is 16.0 Å². The molecule has 0 bridgehead atoms. The standard InChI is InChI=1S/C9H19NO5S/c1-5-10(7(2)6-15-4)16(13,14)8(3)9(11)12/h7-8H,5-6H2,1-4H3,(H,11,12). The summed E-state index contributed by atoms with van der Waals surface area (Å²) in [5.41, 5.74) is 0. The van der Waals surface area contributed by atoms with E-state index in [1.807, 2.05) is 0 Å². The van der Waals surface area contributed by atoms with Gasteiger partial charge in [-0.15, -0.1) is 0 Å². The highest BCUT2D eigenvalue weighted by Crippen LogP contribution is 2.13. The van der Waals surface area contributed by atoms with Gasteiger partial charge in [0.1, 0.15) is 0 Å². The number of likely N-dealkylation sites (N-methyl/N-ethyl adjacent to an activating group) is 1. The van der Waals surface area contributed by atoms with E-state index in [9.17, 15) is 13.2 Å². The molecule has 0 spiro atoms. The average molecular weight is 253 g/mol. The van der Waals surface area contributed by atoms with Crippen molar-refractivity contribution in [2.75, 3.05) is 20.3 Å². The number of ether oxygens (including phenoxy) is 1. The topological polar surface area (TPSA) is 83.9 Å². The summed E-state index contributed by atoms with van der Waals surface area (Å²) in [7, 11) is -2.35. The second kappa shape index (κ2) is 6.17. The molecule has 0 rings (SSSR count). The molecule has 0 saturated carbocycles. The van der Waals surface area contributed by atoms with Crippen LogP contribution < -0.4 is 0 Å². The Morgan fingerprint density at radius 1 is 1.44 bits per heavy atom. The molecule has 0 aliphatic rings. The first kappa shape index (κ1) is 15.3. The Morgan fingerprint density at radius 2 is 1.94 bits per heavy atom. The van der Waals surface area contributed by atoms with Crippen molar-refractivity contribution in [3.05, 3.63) is 0 Å². The number of sulfonamides is 1. The normalized spacial score (nSPS) is 16.1. The molecule has 0 aliphatic carbocycles. The summed E-state index contributed by atoms with van der Waals surface area (Å²) in [4.78, 5) is 10.7. The quantitative estimate of drug-likeness (QED) is 0.698. The van der Waals surface area contributed by atoms with Gasteiger partial charge in [-0.05, 0) is 13.8 Å². The maximum atomic E-state index is 11.9. The lowest BCUT2D eigenvalue weighted by molar-refractivity contribution is -0.136. The van der Waals surface area contributed by atoms with Crippen LogP contribution in [0.3, 0.4) is 0 Å². The van der Waals surface area contributed by atoms with Gasteiger partial charge in [0, 0.05) is 19.7 Å². The van der Waals surface area contributed by atoms with E-state index >= 15 is 0 Å². The van der Waals surface area contributed by atoms with Crippen molar-refractivity contribution in [2.45, 2.75) is 32.1 Å². The van der Waals surface area contributed by atoms with Crippen LogP contribution in [-0.2, 0) is 19.6 Å². The lowest BCUT2D eigenvalue weighted by atomic mass is 10.4. The van der Waals surface area contributed by atoms with Gasteiger partial charge in [0.05, 0.1) is 6.61 Å². The molecule has 0 saturated heterocycles. The van der Waals surface area contributed by atoms with Crippen LogP contribution >= 0.6 is 0 Å². The highest BCUT2D eigenvalue weighted by Gasteiger charge is 2.35. The molecule has 1 N–H and O–H groups in total. The molecule has 0 radical (unpaired) electrons. The van der Waals surface area contributed by atoms with Crippen LogP contribution in [0.5, 0.6) is 0 Å². The van der Waals surface area contributed by atoms with Crippen molar-refractivity contribution in [1.82, 2.24) is 4.31 Å². The van der Waals surface area contributed by atoms with Gasteiger partial charge >= 0.3 is 5.97 Å². The summed E-state index contributed by atoms with van der Waals surface area (Å²) in [6, 6.07) is -0.373. The van der Waals surface area contributed by atoms with Gasteiger partial charge < -0.3 is 9.84 Å². The monoisotopic (exact) mass is 253 g/mol. The maximum absolute atomic E-state index is 11.9. The van der Waals surface area contributed by atoms with Crippen molar-refractivity contribution in [2.24, 2.45) is 0 Å². The molecule has 0 aliphatic heterocycles. The van der Waals surface area contributed by atoms with Crippen LogP contribution in [0.2, 0.25) is 0 Å². The second-order valence-electron chi connectivity index (χ2n) is 3.53. The Morgan fingerprint density at radius 3 is 2.25 bits per heavy atom. The predicted octanol–water partition coefficient (Wildman–Crippen LogP) is 0.146. The maximum Gasteiger partial charge on any atom is 0.323 e. The van der Waals surface area contributed by atoms with Crippen molar-refractivity contribution in [3.63, 3.8) is 0 Å². The Balaban J connectivity index is 5.01. The summed E-state index contributed by atoms with van der Waals surface area (Å²) in [6.45, 7) is 4.97. The minimum absolute atomic E-state index is 0.227.